The first-order valence-electron chi connectivity index (χ1n) is 9.27. The van der Waals surface area contributed by atoms with Crippen LogP contribution in [0.15, 0.2) is 55.4 Å². The average molecular weight is 437 g/mol. The maximum Gasteiger partial charge on any atom is 0.257 e. The second-order valence-electron chi connectivity index (χ2n) is 6.73. The molecular weight excluding hydrogens is 416 g/mol. The number of rotatable bonds is 6. The highest BCUT2D eigenvalue weighted by atomic mass is 32.1. The van der Waals surface area contributed by atoms with E-state index in [-0.39, 0.29) is 5.91 Å². The van der Waals surface area contributed by atoms with Crippen molar-refractivity contribution in [3.8, 4) is 16.4 Å². The molecule has 0 saturated carbocycles. The summed E-state index contributed by atoms with van der Waals surface area (Å²) < 4.78 is 4.35. The number of nitrogens with one attached hydrogen (secondary N) is 2. The Morgan fingerprint density at radius 1 is 1.33 bits per heavy atom. The highest BCUT2D eigenvalue weighted by molar-refractivity contribution is 7.71. The molecule has 0 saturated heterocycles. The number of carbonyl (C=O) groups excluding carboxylic acids is 1. The van der Waals surface area contributed by atoms with E-state index in [1.54, 1.807) is 6.08 Å². The van der Waals surface area contributed by atoms with Gasteiger partial charge in [-0.2, -0.15) is 5.10 Å². The van der Waals surface area contributed by atoms with Crippen LogP contribution in [-0.2, 0) is 6.54 Å². The lowest BCUT2D eigenvalue weighted by Gasteiger charge is -2.10. The zero-order valence-corrected chi connectivity index (χ0v) is 18.2. The lowest BCUT2D eigenvalue weighted by molar-refractivity contribution is 0.102. The number of anilines is 1. The largest absolute Gasteiger partial charge is 0.324 e. The van der Waals surface area contributed by atoms with Gasteiger partial charge >= 0.3 is 0 Å². The Morgan fingerprint density at radius 2 is 2.10 bits per heavy atom. The van der Waals surface area contributed by atoms with E-state index in [4.69, 9.17) is 12.2 Å². The van der Waals surface area contributed by atoms with E-state index < -0.39 is 0 Å². The molecular formula is C21H20N6OS2. The van der Waals surface area contributed by atoms with Crippen LogP contribution in [0.2, 0.25) is 0 Å². The van der Waals surface area contributed by atoms with Crippen molar-refractivity contribution in [2.45, 2.75) is 20.4 Å². The third-order valence-electron chi connectivity index (χ3n) is 4.64. The second-order valence-corrected chi connectivity index (χ2v) is 8.12. The fourth-order valence-corrected chi connectivity index (χ4v) is 4.31. The van der Waals surface area contributed by atoms with E-state index in [9.17, 15) is 4.79 Å². The van der Waals surface area contributed by atoms with Gasteiger partial charge in [0.2, 0.25) is 0 Å². The summed E-state index contributed by atoms with van der Waals surface area (Å²) >= 11 is 6.65. The molecule has 9 heteroatoms. The van der Waals surface area contributed by atoms with Crippen LogP contribution in [0.25, 0.3) is 16.4 Å². The van der Waals surface area contributed by atoms with Crippen molar-refractivity contribution in [3.05, 3.63) is 77.0 Å². The maximum absolute atomic E-state index is 12.9. The van der Waals surface area contributed by atoms with Gasteiger partial charge in [-0.1, -0.05) is 23.5 Å². The van der Waals surface area contributed by atoms with Gasteiger partial charge in [0, 0.05) is 30.2 Å². The third kappa shape index (κ3) is 3.77. The predicted molar refractivity (Wildman–Crippen MR) is 122 cm³/mol. The number of hydrogen-bond donors (Lipinski definition) is 2. The summed E-state index contributed by atoms with van der Waals surface area (Å²) in [6.07, 6.45) is 5.67. The SMILES string of the molecule is C=CCn1c(-c2sc(NC(=O)c3ccc(C)c(-n4cccc4)c3)nc2C)n[nH]c1=S. The Bertz CT molecular complexity index is 1280. The Labute approximate surface area is 182 Å². The van der Waals surface area contributed by atoms with Crippen molar-refractivity contribution in [1.82, 2.24) is 24.3 Å². The molecule has 1 amide bonds. The van der Waals surface area contributed by atoms with Gasteiger partial charge in [0.1, 0.15) is 0 Å². The molecule has 0 bridgehead atoms. The van der Waals surface area contributed by atoms with Gasteiger partial charge in [-0.15, -0.1) is 6.58 Å². The smallest absolute Gasteiger partial charge is 0.257 e. The molecule has 3 heterocycles. The number of carbonyl (C=O) groups is 1. The Morgan fingerprint density at radius 3 is 2.83 bits per heavy atom. The molecule has 1 aromatic carbocycles. The van der Waals surface area contributed by atoms with E-state index >= 15 is 0 Å². The molecule has 4 aromatic rings. The van der Waals surface area contributed by atoms with Gasteiger partial charge in [-0.25, -0.2) is 4.98 Å². The third-order valence-corrected chi connectivity index (χ3v) is 6.02. The van der Waals surface area contributed by atoms with Crippen LogP contribution in [-0.4, -0.2) is 30.2 Å². The molecule has 3 aromatic heterocycles. The van der Waals surface area contributed by atoms with Crippen LogP contribution in [0.1, 0.15) is 21.6 Å². The lowest BCUT2D eigenvalue weighted by atomic mass is 10.1. The van der Waals surface area contributed by atoms with E-state index in [1.807, 2.05) is 65.7 Å². The quantitative estimate of drug-likeness (QED) is 0.332. The second kappa shape index (κ2) is 8.21. The molecule has 0 atom stereocenters. The van der Waals surface area contributed by atoms with E-state index in [2.05, 4.69) is 27.1 Å². The van der Waals surface area contributed by atoms with Crippen molar-refractivity contribution >= 4 is 34.6 Å². The molecule has 152 valence electrons. The lowest BCUT2D eigenvalue weighted by Crippen LogP contribution is -2.12. The van der Waals surface area contributed by atoms with Crippen molar-refractivity contribution in [1.29, 1.82) is 0 Å². The van der Waals surface area contributed by atoms with Crippen molar-refractivity contribution in [2.75, 3.05) is 5.32 Å². The fourth-order valence-electron chi connectivity index (χ4n) is 3.14. The molecule has 7 nitrogen and oxygen atoms in total. The topological polar surface area (TPSA) is 80.5 Å². The number of aryl methyl sites for hydroxylation is 2. The number of aromatic nitrogens is 5. The summed E-state index contributed by atoms with van der Waals surface area (Å²) in [7, 11) is 0. The number of allylic oxidation sites excluding steroid dienone is 1. The summed E-state index contributed by atoms with van der Waals surface area (Å²) in [5.41, 5.74) is 3.38. The average Bonchev–Trinajstić information content (AvgIpc) is 3.45. The number of thiazole rings is 1. The number of aromatic amines is 1. The highest BCUT2D eigenvalue weighted by Gasteiger charge is 2.18. The first kappa shape index (κ1) is 20.0. The van der Waals surface area contributed by atoms with E-state index in [0.29, 0.717) is 27.8 Å². The van der Waals surface area contributed by atoms with Crippen molar-refractivity contribution < 1.29 is 4.79 Å². The molecule has 0 unspecified atom stereocenters. The first-order valence-corrected chi connectivity index (χ1v) is 10.5. The summed E-state index contributed by atoms with van der Waals surface area (Å²) in [5.74, 6) is 0.467. The van der Waals surface area contributed by atoms with Crippen LogP contribution in [0.3, 0.4) is 0 Å². The summed E-state index contributed by atoms with van der Waals surface area (Å²) in [6.45, 7) is 8.20. The Kier molecular flexibility index (Phi) is 5.47. The van der Waals surface area contributed by atoms with Gasteiger partial charge < -0.3 is 4.57 Å². The molecule has 0 aliphatic rings. The van der Waals surface area contributed by atoms with Crippen LogP contribution >= 0.6 is 23.6 Å². The minimum atomic E-state index is -0.214. The van der Waals surface area contributed by atoms with E-state index in [0.717, 1.165) is 21.8 Å². The van der Waals surface area contributed by atoms with Crippen LogP contribution in [0.5, 0.6) is 0 Å². The summed E-state index contributed by atoms with van der Waals surface area (Å²) in [5, 5.41) is 10.5. The zero-order valence-electron chi connectivity index (χ0n) is 16.5. The molecule has 4 rings (SSSR count). The summed E-state index contributed by atoms with van der Waals surface area (Å²) in [6, 6.07) is 9.54. The van der Waals surface area contributed by atoms with Gasteiger partial charge in [0.05, 0.1) is 10.6 Å². The number of hydrogen-bond acceptors (Lipinski definition) is 5. The maximum atomic E-state index is 12.9. The molecule has 0 aliphatic heterocycles. The van der Waals surface area contributed by atoms with Gasteiger partial charge in [0.15, 0.2) is 15.7 Å². The van der Waals surface area contributed by atoms with Gasteiger partial charge in [0.25, 0.3) is 5.91 Å². The van der Waals surface area contributed by atoms with E-state index in [1.165, 1.54) is 11.3 Å². The predicted octanol–water partition coefficient (Wildman–Crippen LogP) is 4.91. The standard InChI is InChI=1S/C21H20N6OS2/c1-4-9-27-18(24-25-21(27)29)17-14(3)22-20(30-17)23-19(28)15-8-7-13(2)16(12-15)26-10-5-6-11-26/h4-8,10-12H,1,9H2,2-3H3,(H,25,29)(H,22,23,28). The van der Waals surface area contributed by atoms with Gasteiger partial charge in [-0.3, -0.25) is 19.8 Å². The summed E-state index contributed by atoms with van der Waals surface area (Å²) in [4.78, 5) is 18.2. The monoisotopic (exact) mass is 436 g/mol. The molecule has 2 N–H and O–H groups in total. The Hall–Kier alpha value is -3.30. The van der Waals surface area contributed by atoms with Crippen molar-refractivity contribution in [2.24, 2.45) is 0 Å². The highest BCUT2D eigenvalue weighted by Crippen LogP contribution is 2.32. The van der Waals surface area contributed by atoms with Crippen molar-refractivity contribution in [3.63, 3.8) is 0 Å². The van der Waals surface area contributed by atoms with Crippen LogP contribution in [0.4, 0.5) is 5.13 Å². The molecule has 0 aliphatic carbocycles. The fraction of sp³-hybridized carbons (Fsp3) is 0.143. The molecule has 0 radical (unpaired) electrons. The first-order chi connectivity index (χ1) is 14.5. The molecule has 30 heavy (non-hydrogen) atoms. The van der Waals surface area contributed by atoms with Gasteiger partial charge in [-0.05, 0) is 55.9 Å². The number of amides is 1. The van der Waals surface area contributed by atoms with Crippen LogP contribution in [0, 0.1) is 18.6 Å². The zero-order chi connectivity index (χ0) is 21.3. The Balaban J connectivity index is 1.61. The number of benzene rings is 1. The minimum absolute atomic E-state index is 0.214. The number of H-pyrrole nitrogens is 1. The molecule has 0 fully saturated rings. The molecule has 0 spiro atoms. The van der Waals surface area contributed by atoms with Crippen LogP contribution < -0.4 is 5.32 Å². The minimum Gasteiger partial charge on any atom is -0.324 e. The number of nitrogens with zero attached hydrogens (tertiary/aromatic N) is 4. The normalized spacial score (nSPS) is 10.9.